The molecule has 4 heteroatoms. The van der Waals surface area contributed by atoms with E-state index < -0.39 is 0 Å². The lowest BCUT2D eigenvalue weighted by Crippen LogP contribution is -2.20. The molecule has 1 aromatic carbocycles. The topological polar surface area (TPSA) is 32.7 Å². The highest BCUT2D eigenvalue weighted by atomic mass is 79.9. The second-order valence-corrected chi connectivity index (χ2v) is 5.27. The molecule has 0 heterocycles. The molecular weight excluding hydrogens is 282 g/mol. The number of hydrogen-bond acceptors (Lipinski definition) is 3. The van der Waals surface area contributed by atoms with E-state index in [1.807, 2.05) is 32.3 Å². The lowest BCUT2D eigenvalue weighted by atomic mass is 10.1. The monoisotopic (exact) mass is 301 g/mol. The highest BCUT2D eigenvalue weighted by molar-refractivity contribution is 9.10. The average Bonchev–Trinajstić information content (AvgIpc) is 2.26. The summed E-state index contributed by atoms with van der Waals surface area (Å²) in [6.07, 6.45) is 1.17. The molecule has 0 radical (unpaired) electrons. The second-order valence-electron chi connectivity index (χ2n) is 4.42. The Morgan fingerprint density at radius 3 is 2.65 bits per heavy atom. The smallest absolute Gasteiger partial charge is 0.133 e. The summed E-state index contributed by atoms with van der Waals surface area (Å²) in [7, 11) is 5.67. The zero-order valence-electron chi connectivity index (χ0n) is 10.6. The number of aliphatic hydroxyl groups excluding tert-OH is 1. The second kappa shape index (κ2) is 6.99. The first kappa shape index (κ1) is 14.5. The molecule has 0 spiro atoms. The minimum Gasteiger partial charge on any atom is -0.496 e. The molecule has 1 rings (SSSR count). The Balaban J connectivity index is 2.53. The van der Waals surface area contributed by atoms with Crippen LogP contribution in [0.5, 0.6) is 5.75 Å². The van der Waals surface area contributed by atoms with Gasteiger partial charge in [0.1, 0.15) is 5.75 Å². The fraction of sp³-hybridized carbons (Fsp3) is 0.538. The summed E-state index contributed by atoms with van der Waals surface area (Å²) in [5.41, 5.74) is 1.11. The third kappa shape index (κ3) is 5.06. The van der Waals surface area contributed by atoms with Gasteiger partial charge in [0.2, 0.25) is 0 Å². The summed E-state index contributed by atoms with van der Waals surface area (Å²) in [6.45, 7) is 0.901. The number of rotatable bonds is 6. The molecule has 3 nitrogen and oxygen atoms in total. The zero-order valence-corrected chi connectivity index (χ0v) is 12.2. The molecule has 1 atom stereocenters. The van der Waals surface area contributed by atoms with Crippen molar-refractivity contribution in [3.05, 3.63) is 28.2 Å². The highest BCUT2D eigenvalue weighted by Gasteiger charge is 2.08. The van der Waals surface area contributed by atoms with E-state index in [0.29, 0.717) is 6.42 Å². The van der Waals surface area contributed by atoms with Crippen molar-refractivity contribution in [3.63, 3.8) is 0 Å². The molecule has 0 amide bonds. The first-order chi connectivity index (χ1) is 8.02. The largest absolute Gasteiger partial charge is 0.496 e. The van der Waals surface area contributed by atoms with Crippen LogP contribution in [0, 0.1) is 0 Å². The van der Waals surface area contributed by atoms with Crippen LogP contribution >= 0.6 is 15.9 Å². The minimum absolute atomic E-state index is 0.294. The molecule has 0 aliphatic heterocycles. The number of methoxy groups -OCH3 is 1. The van der Waals surface area contributed by atoms with Crippen molar-refractivity contribution in [2.75, 3.05) is 27.7 Å². The van der Waals surface area contributed by atoms with Gasteiger partial charge in [-0.1, -0.05) is 6.07 Å². The highest BCUT2D eigenvalue weighted by Crippen LogP contribution is 2.26. The first-order valence-electron chi connectivity index (χ1n) is 5.68. The predicted molar refractivity (Wildman–Crippen MR) is 73.6 cm³/mol. The van der Waals surface area contributed by atoms with Gasteiger partial charge in [-0.05, 0) is 67.1 Å². The Morgan fingerprint density at radius 1 is 1.41 bits per heavy atom. The Kier molecular flexibility index (Phi) is 5.95. The van der Waals surface area contributed by atoms with Crippen molar-refractivity contribution in [2.24, 2.45) is 0 Å². The standard InChI is InChI=1S/C13H20BrNO2/c1-15(2)7-6-11(16)8-10-4-5-13(17-3)12(14)9-10/h4-5,9,11,16H,6-8H2,1-3H3. The van der Waals surface area contributed by atoms with Gasteiger partial charge in [-0.2, -0.15) is 0 Å². The van der Waals surface area contributed by atoms with Crippen molar-refractivity contribution in [1.82, 2.24) is 4.90 Å². The average molecular weight is 302 g/mol. The number of aliphatic hydroxyl groups is 1. The van der Waals surface area contributed by atoms with E-state index in [0.717, 1.165) is 28.8 Å². The van der Waals surface area contributed by atoms with E-state index in [9.17, 15) is 5.11 Å². The maximum absolute atomic E-state index is 9.90. The molecule has 0 saturated carbocycles. The molecule has 1 unspecified atom stereocenters. The molecular formula is C13H20BrNO2. The van der Waals surface area contributed by atoms with Gasteiger partial charge in [-0.15, -0.1) is 0 Å². The number of halogens is 1. The van der Waals surface area contributed by atoms with Gasteiger partial charge in [0.05, 0.1) is 17.7 Å². The van der Waals surface area contributed by atoms with E-state index in [4.69, 9.17) is 4.74 Å². The van der Waals surface area contributed by atoms with Crippen molar-refractivity contribution >= 4 is 15.9 Å². The van der Waals surface area contributed by atoms with Crippen LogP contribution in [0.1, 0.15) is 12.0 Å². The van der Waals surface area contributed by atoms with E-state index in [1.54, 1.807) is 7.11 Å². The molecule has 0 aliphatic rings. The summed E-state index contributed by atoms with van der Waals surface area (Å²) < 4.78 is 6.10. The normalized spacial score (nSPS) is 12.8. The lowest BCUT2D eigenvalue weighted by molar-refractivity contribution is 0.152. The fourth-order valence-corrected chi connectivity index (χ4v) is 2.21. The van der Waals surface area contributed by atoms with E-state index >= 15 is 0 Å². The quantitative estimate of drug-likeness (QED) is 0.875. The van der Waals surface area contributed by atoms with Gasteiger partial charge >= 0.3 is 0 Å². The van der Waals surface area contributed by atoms with Crippen LogP contribution in [-0.4, -0.2) is 43.9 Å². The molecule has 96 valence electrons. The third-order valence-corrected chi connectivity index (χ3v) is 3.22. The predicted octanol–water partition coefficient (Wildman–Crippen LogP) is 2.31. The summed E-state index contributed by atoms with van der Waals surface area (Å²) >= 11 is 3.44. The van der Waals surface area contributed by atoms with Crippen LogP contribution in [-0.2, 0) is 6.42 Å². The molecule has 0 saturated heterocycles. The summed E-state index contributed by atoms with van der Waals surface area (Å²) in [6, 6.07) is 5.90. The van der Waals surface area contributed by atoms with Crippen molar-refractivity contribution in [1.29, 1.82) is 0 Å². The summed E-state index contributed by atoms with van der Waals surface area (Å²) in [5.74, 6) is 0.816. The summed E-state index contributed by atoms with van der Waals surface area (Å²) in [4.78, 5) is 2.08. The number of ether oxygens (including phenoxy) is 1. The van der Waals surface area contributed by atoms with Gasteiger partial charge < -0.3 is 14.7 Å². The van der Waals surface area contributed by atoms with Crippen LogP contribution in [0.3, 0.4) is 0 Å². The zero-order chi connectivity index (χ0) is 12.8. The van der Waals surface area contributed by atoms with E-state index in [2.05, 4.69) is 20.8 Å². The number of hydrogen-bond donors (Lipinski definition) is 1. The van der Waals surface area contributed by atoms with Gasteiger partial charge in [0.25, 0.3) is 0 Å². The maximum Gasteiger partial charge on any atom is 0.133 e. The van der Waals surface area contributed by atoms with Gasteiger partial charge in [-0.3, -0.25) is 0 Å². The summed E-state index contributed by atoms with van der Waals surface area (Å²) in [5, 5.41) is 9.90. The molecule has 0 aromatic heterocycles. The molecule has 0 aliphatic carbocycles. The van der Waals surface area contributed by atoms with Gasteiger partial charge in [-0.25, -0.2) is 0 Å². The van der Waals surface area contributed by atoms with Crippen molar-refractivity contribution in [2.45, 2.75) is 18.9 Å². The Labute approximate surface area is 112 Å². The van der Waals surface area contributed by atoms with E-state index in [-0.39, 0.29) is 6.10 Å². The molecule has 0 bridgehead atoms. The van der Waals surface area contributed by atoms with Crippen molar-refractivity contribution < 1.29 is 9.84 Å². The minimum atomic E-state index is -0.294. The fourth-order valence-electron chi connectivity index (χ4n) is 1.62. The van der Waals surface area contributed by atoms with Crippen LogP contribution in [0.4, 0.5) is 0 Å². The molecule has 1 N–H and O–H groups in total. The Bertz CT molecular complexity index is 355. The first-order valence-corrected chi connectivity index (χ1v) is 6.47. The van der Waals surface area contributed by atoms with Crippen LogP contribution < -0.4 is 4.74 Å². The molecule has 17 heavy (non-hydrogen) atoms. The van der Waals surface area contributed by atoms with Crippen LogP contribution in [0.2, 0.25) is 0 Å². The van der Waals surface area contributed by atoms with E-state index in [1.165, 1.54) is 0 Å². The molecule has 1 aromatic rings. The van der Waals surface area contributed by atoms with Gasteiger partial charge in [0, 0.05) is 0 Å². The Morgan fingerprint density at radius 2 is 2.12 bits per heavy atom. The number of benzene rings is 1. The van der Waals surface area contributed by atoms with Gasteiger partial charge in [0.15, 0.2) is 0 Å². The third-order valence-electron chi connectivity index (χ3n) is 2.60. The molecule has 0 fully saturated rings. The Hall–Kier alpha value is -0.580. The van der Waals surface area contributed by atoms with Crippen LogP contribution in [0.25, 0.3) is 0 Å². The van der Waals surface area contributed by atoms with Crippen LogP contribution in [0.15, 0.2) is 22.7 Å². The van der Waals surface area contributed by atoms with Crippen molar-refractivity contribution in [3.8, 4) is 5.75 Å². The SMILES string of the molecule is COc1ccc(CC(O)CCN(C)C)cc1Br. The lowest BCUT2D eigenvalue weighted by Gasteiger charge is -2.15. The maximum atomic E-state index is 9.90. The number of nitrogens with zero attached hydrogens (tertiary/aromatic N) is 1.